The van der Waals surface area contributed by atoms with Gasteiger partial charge in [0, 0.05) is 25.3 Å². The highest BCUT2D eigenvalue weighted by Crippen LogP contribution is 2.16. The number of piperidine rings is 1. The first-order chi connectivity index (χ1) is 8.02. The molecule has 17 heavy (non-hydrogen) atoms. The average Bonchev–Trinajstić information content (AvgIpc) is 2.24. The third-order valence-corrected chi connectivity index (χ3v) is 2.78. The maximum absolute atomic E-state index is 11.7. The van der Waals surface area contributed by atoms with Crippen molar-refractivity contribution in [1.82, 2.24) is 10.2 Å². The van der Waals surface area contributed by atoms with Gasteiger partial charge in [-0.25, -0.2) is 0 Å². The minimum absolute atomic E-state index is 0.0551. The Bertz CT molecular complexity index is 341. The number of nitriles is 1. The second-order valence-electron chi connectivity index (χ2n) is 5.03. The zero-order valence-electron chi connectivity index (χ0n) is 10.9. The van der Waals surface area contributed by atoms with E-state index in [-0.39, 0.29) is 17.5 Å². The van der Waals surface area contributed by atoms with Crippen molar-refractivity contribution in [2.45, 2.75) is 39.7 Å². The van der Waals surface area contributed by atoms with Crippen molar-refractivity contribution < 1.29 is 4.79 Å². The standard InChI is InChI=1S/C13H21N3O/c1-10(2)15-13(17)12(7-14)9-16-6-4-5-11(3)8-16/h9-11H,4-6,8H2,1-3H3,(H,15,17)/b12-9-. The summed E-state index contributed by atoms with van der Waals surface area (Å²) in [5.41, 5.74) is 0.202. The summed E-state index contributed by atoms with van der Waals surface area (Å²) in [7, 11) is 0. The van der Waals surface area contributed by atoms with E-state index in [9.17, 15) is 4.79 Å². The number of likely N-dealkylation sites (tertiary alicyclic amines) is 1. The maximum Gasteiger partial charge on any atom is 0.263 e. The molecule has 0 bridgehead atoms. The third-order valence-electron chi connectivity index (χ3n) is 2.78. The van der Waals surface area contributed by atoms with Crippen LogP contribution in [0.25, 0.3) is 0 Å². The van der Waals surface area contributed by atoms with Gasteiger partial charge in [0.2, 0.25) is 0 Å². The Morgan fingerprint density at radius 1 is 1.59 bits per heavy atom. The van der Waals surface area contributed by atoms with E-state index in [1.54, 1.807) is 6.20 Å². The molecule has 4 heteroatoms. The molecular formula is C13H21N3O. The highest BCUT2D eigenvalue weighted by molar-refractivity contribution is 5.97. The molecule has 1 unspecified atom stereocenters. The van der Waals surface area contributed by atoms with Gasteiger partial charge in [-0.1, -0.05) is 6.92 Å². The fourth-order valence-corrected chi connectivity index (χ4v) is 2.00. The molecular weight excluding hydrogens is 214 g/mol. The van der Waals surface area contributed by atoms with E-state index in [0.29, 0.717) is 5.92 Å². The molecule has 1 aliphatic heterocycles. The van der Waals surface area contributed by atoms with Gasteiger partial charge in [-0.3, -0.25) is 4.79 Å². The first-order valence-corrected chi connectivity index (χ1v) is 6.19. The minimum Gasteiger partial charge on any atom is -0.376 e. The Morgan fingerprint density at radius 2 is 2.29 bits per heavy atom. The molecule has 0 aliphatic carbocycles. The molecule has 1 rings (SSSR count). The SMILES string of the molecule is CC1CCCN(/C=C(/C#N)C(=O)NC(C)C)C1. The molecule has 1 N–H and O–H groups in total. The van der Waals surface area contributed by atoms with Crippen molar-refractivity contribution in [2.24, 2.45) is 5.92 Å². The van der Waals surface area contributed by atoms with E-state index < -0.39 is 0 Å². The van der Waals surface area contributed by atoms with Gasteiger partial charge in [0.25, 0.3) is 5.91 Å². The highest BCUT2D eigenvalue weighted by Gasteiger charge is 2.16. The summed E-state index contributed by atoms with van der Waals surface area (Å²) in [6.45, 7) is 7.83. The number of hydrogen-bond acceptors (Lipinski definition) is 3. The number of carbonyl (C=O) groups excluding carboxylic acids is 1. The Balaban J connectivity index is 2.66. The molecule has 0 aromatic rings. The molecule has 94 valence electrons. The normalized spacial score (nSPS) is 21.2. The first kappa shape index (κ1) is 13.6. The molecule has 0 saturated carbocycles. The minimum atomic E-state index is -0.277. The first-order valence-electron chi connectivity index (χ1n) is 6.19. The summed E-state index contributed by atoms with van der Waals surface area (Å²) in [5.74, 6) is 0.355. The molecule has 0 radical (unpaired) electrons. The lowest BCUT2D eigenvalue weighted by atomic mass is 10.0. The fourth-order valence-electron chi connectivity index (χ4n) is 2.00. The summed E-state index contributed by atoms with van der Waals surface area (Å²) in [6, 6.07) is 2.03. The van der Waals surface area contributed by atoms with Crippen LogP contribution in [0.3, 0.4) is 0 Å². The Morgan fingerprint density at radius 3 is 2.82 bits per heavy atom. The van der Waals surface area contributed by atoms with Gasteiger partial charge in [0.05, 0.1) is 0 Å². The van der Waals surface area contributed by atoms with Crippen LogP contribution in [0.5, 0.6) is 0 Å². The van der Waals surface area contributed by atoms with Crippen molar-refractivity contribution in [3.05, 3.63) is 11.8 Å². The van der Waals surface area contributed by atoms with Crippen molar-refractivity contribution in [2.75, 3.05) is 13.1 Å². The van der Waals surface area contributed by atoms with Crippen LogP contribution in [0.2, 0.25) is 0 Å². The van der Waals surface area contributed by atoms with Gasteiger partial charge in [-0.2, -0.15) is 5.26 Å². The molecule has 0 aromatic heterocycles. The number of rotatable bonds is 3. The fraction of sp³-hybridized carbons (Fsp3) is 0.692. The van der Waals surface area contributed by atoms with Crippen LogP contribution >= 0.6 is 0 Å². The quantitative estimate of drug-likeness (QED) is 0.598. The van der Waals surface area contributed by atoms with Crippen LogP contribution in [-0.2, 0) is 4.79 Å². The lowest BCUT2D eigenvalue weighted by molar-refractivity contribution is -0.117. The van der Waals surface area contributed by atoms with Crippen LogP contribution in [0.1, 0.15) is 33.6 Å². The van der Waals surface area contributed by atoms with Crippen LogP contribution in [0.4, 0.5) is 0 Å². The van der Waals surface area contributed by atoms with Gasteiger partial charge in [-0.05, 0) is 32.6 Å². The Labute approximate surface area is 103 Å². The van der Waals surface area contributed by atoms with E-state index in [0.717, 1.165) is 19.5 Å². The predicted molar refractivity (Wildman–Crippen MR) is 66.9 cm³/mol. The zero-order valence-corrected chi connectivity index (χ0v) is 10.9. The van der Waals surface area contributed by atoms with Crippen LogP contribution in [0, 0.1) is 17.2 Å². The van der Waals surface area contributed by atoms with Crippen LogP contribution < -0.4 is 5.32 Å². The van der Waals surface area contributed by atoms with E-state index in [1.165, 1.54) is 6.42 Å². The van der Waals surface area contributed by atoms with E-state index >= 15 is 0 Å². The van der Waals surface area contributed by atoms with Crippen LogP contribution in [-0.4, -0.2) is 29.9 Å². The second-order valence-corrected chi connectivity index (χ2v) is 5.03. The summed E-state index contributed by atoms with van der Waals surface area (Å²) in [4.78, 5) is 13.8. The summed E-state index contributed by atoms with van der Waals surface area (Å²) < 4.78 is 0. The molecule has 1 atom stereocenters. The summed E-state index contributed by atoms with van der Waals surface area (Å²) in [6.07, 6.45) is 4.06. The molecule has 0 spiro atoms. The van der Waals surface area contributed by atoms with E-state index in [4.69, 9.17) is 5.26 Å². The Hall–Kier alpha value is -1.50. The average molecular weight is 235 g/mol. The number of nitrogens with one attached hydrogen (secondary N) is 1. The largest absolute Gasteiger partial charge is 0.376 e. The summed E-state index contributed by atoms with van der Waals surface area (Å²) >= 11 is 0. The molecule has 1 amide bonds. The number of nitrogens with zero attached hydrogens (tertiary/aromatic N) is 2. The van der Waals surface area contributed by atoms with Crippen molar-refractivity contribution in [3.8, 4) is 6.07 Å². The molecule has 1 aliphatic rings. The van der Waals surface area contributed by atoms with E-state index in [2.05, 4.69) is 17.1 Å². The molecule has 1 heterocycles. The molecule has 1 fully saturated rings. The smallest absolute Gasteiger partial charge is 0.263 e. The van der Waals surface area contributed by atoms with Crippen LogP contribution in [0.15, 0.2) is 11.8 Å². The molecule has 0 aromatic carbocycles. The topological polar surface area (TPSA) is 56.1 Å². The second kappa shape index (κ2) is 6.29. The van der Waals surface area contributed by atoms with Gasteiger partial charge in [-0.15, -0.1) is 0 Å². The lowest BCUT2D eigenvalue weighted by Gasteiger charge is -2.29. The highest BCUT2D eigenvalue weighted by atomic mass is 16.1. The van der Waals surface area contributed by atoms with Gasteiger partial charge < -0.3 is 10.2 Å². The van der Waals surface area contributed by atoms with Crippen molar-refractivity contribution in [1.29, 1.82) is 5.26 Å². The zero-order chi connectivity index (χ0) is 12.8. The van der Waals surface area contributed by atoms with Crippen molar-refractivity contribution >= 4 is 5.91 Å². The van der Waals surface area contributed by atoms with E-state index in [1.807, 2.05) is 19.9 Å². The Kier molecular flexibility index (Phi) is 5.02. The third kappa shape index (κ3) is 4.48. The van der Waals surface area contributed by atoms with Gasteiger partial charge in [0.15, 0.2) is 0 Å². The summed E-state index contributed by atoms with van der Waals surface area (Å²) in [5, 5.41) is 11.7. The number of hydrogen-bond donors (Lipinski definition) is 1. The predicted octanol–water partition coefficient (Wildman–Crippen LogP) is 1.65. The van der Waals surface area contributed by atoms with Gasteiger partial charge in [0.1, 0.15) is 11.6 Å². The maximum atomic E-state index is 11.7. The molecule has 1 saturated heterocycles. The lowest BCUT2D eigenvalue weighted by Crippen LogP contribution is -2.34. The number of carbonyl (C=O) groups is 1. The monoisotopic (exact) mass is 235 g/mol. The number of amides is 1. The molecule has 4 nitrogen and oxygen atoms in total. The van der Waals surface area contributed by atoms with Crippen molar-refractivity contribution in [3.63, 3.8) is 0 Å². The van der Waals surface area contributed by atoms with Gasteiger partial charge >= 0.3 is 0 Å².